The number of carbonyl (C=O) groups is 1. The SMILES string of the molecule is CC1CN(C(=O)[C@@H]2CN(C(C)(C)C)C[C@H]2c2ccc(F)cc2F)CC(C)C1(O)c1ccc(F)cc1F.Cl. The first kappa shape index (κ1) is 29.4. The molecule has 1 N–H and O–H groups in total. The van der Waals surface area contributed by atoms with Crippen molar-refractivity contribution >= 4 is 18.3 Å². The van der Waals surface area contributed by atoms with Gasteiger partial charge >= 0.3 is 0 Å². The summed E-state index contributed by atoms with van der Waals surface area (Å²) in [5.41, 5.74) is -1.51. The maximum atomic E-state index is 14.8. The molecule has 1 amide bonds. The molecule has 2 saturated heterocycles. The van der Waals surface area contributed by atoms with E-state index in [0.29, 0.717) is 18.7 Å². The lowest BCUT2D eigenvalue weighted by molar-refractivity contribution is -0.153. The van der Waals surface area contributed by atoms with Crippen molar-refractivity contribution in [2.45, 2.75) is 51.7 Å². The summed E-state index contributed by atoms with van der Waals surface area (Å²) in [4.78, 5) is 17.7. The molecule has 0 aromatic heterocycles. The first-order chi connectivity index (χ1) is 16.7. The maximum absolute atomic E-state index is 14.8. The third-order valence-corrected chi connectivity index (χ3v) is 8.11. The zero-order chi connectivity index (χ0) is 26.6. The molecule has 0 aliphatic carbocycles. The average molecular weight is 543 g/mol. The Morgan fingerprint density at radius 3 is 1.95 bits per heavy atom. The highest BCUT2D eigenvalue weighted by Gasteiger charge is 2.51. The zero-order valence-corrected chi connectivity index (χ0v) is 22.6. The van der Waals surface area contributed by atoms with E-state index in [0.717, 1.165) is 18.2 Å². The zero-order valence-electron chi connectivity index (χ0n) is 21.8. The number of nitrogens with zero attached hydrogens (tertiary/aromatic N) is 2. The van der Waals surface area contributed by atoms with Gasteiger partial charge in [-0.3, -0.25) is 9.69 Å². The lowest BCUT2D eigenvalue weighted by Gasteiger charge is -2.48. The largest absolute Gasteiger partial charge is 0.384 e. The van der Waals surface area contributed by atoms with Gasteiger partial charge in [-0.15, -0.1) is 12.4 Å². The fraction of sp³-hybridized carbons (Fsp3) is 0.536. The fourth-order valence-corrected chi connectivity index (χ4v) is 5.98. The highest BCUT2D eigenvalue weighted by atomic mass is 35.5. The van der Waals surface area contributed by atoms with Gasteiger partial charge in [0, 0.05) is 67.2 Å². The van der Waals surface area contributed by atoms with Crippen LogP contribution in [-0.4, -0.2) is 52.5 Å². The van der Waals surface area contributed by atoms with Crippen molar-refractivity contribution < 1.29 is 27.5 Å². The van der Waals surface area contributed by atoms with Gasteiger partial charge in [0.15, 0.2) is 0 Å². The number of hydrogen-bond donors (Lipinski definition) is 1. The first-order valence-electron chi connectivity index (χ1n) is 12.4. The van der Waals surface area contributed by atoms with Crippen molar-refractivity contribution in [3.05, 3.63) is 70.8 Å². The molecule has 4 rings (SSSR count). The molecule has 204 valence electrons. The molecule has 37 heavy (non-hydrogen) atoms. The van der Waals surface area contributed by atoms with E-state index in [9.17, 15) is 27.5 Å². The predicted molar refractivity (Wildman–Crippen MR) is 136 cm³/mol. The van der Waals surface area contributed by atoms with Gasteiger partial charge in [-0.2, -0.15) is 0 Å². The second kappa shape index (κ2) is 10.5. The summed E-state index contributed by atoms with van der Waals surface area (Å²) in [6, 6.07) is 6.61. The number of piperidine rings is 1. The van der Waals surface area contributed by atoms with Crippen molar-refractivity contribution in [2.24, 2.45) is 17.8 Å². The van der Waals surface area contributed by atoms with Gasteiger partial charge in [-0.25, -0.2) is 17.6 Å². The number of rotatable bonds is 3. The lowest BCUT2D eigenvalue weighted by atomic mass is 9.70. The molecule has 2 aliphatic heterocycles. The molecule has 0 bridgehead atoms. The Kier molecular flexibility index (Phi) is 8.38. The molecule has 4 nitrogen and oxygen atoms in total. The van der Waals surface area contributed by atoms with E-state index in [1.54, 1.807) is 18.7 Å². The Morgan fingerprint density at radius 2 is 1.43 bits per heavy atom. The summed E-state index contributed by atoms with van der Waals surface area (Å²) in [6.07, 6.45) is 0. The third kappa shape index (κ3) is 5.38. The summed E-state index contributed by atoms with van der Waals surface area (Å²) < 4.78 is 56.5. The Morgan fingerprint density at radius 1 is 0.892 bits per heavy atom. The van der Waals surface area contributed by atoms with Gasteiger partial charge in [-0.05, 0) is 38.5 Å². The van der Waals surface area contributed by atoms with Gasteiger partial charge in [-0.1, -0.05) is 26.0 Å². The average Bonchev–Trinajstić information content (AvgIpc) is 3.22. The Bertz CT molecular complexity index is 1140. The lowest BCUT2D eigenvalue weighted by Crippen LogP contribution is -2.57. The van der Waals surface area contributed by atoms with Crippen LogP contribution < -0.4 is 0 Å². The fourth-order valence-electron chi connectivity index (χ4n) is 5.98. The molecule has 9 heteroatoms. The van der Waals surface area contributed by atoms with Crippen LogP contribution in [0, 0.1) is 41.0 Å². The smallest absolute Gasteiger partial charge is 0.227 e. The van der Waals surface area contributed by atoms with Crippen LogP contribution in [0.1, 0.15) is 51.7 Å². The molecule has 2 aromatic carbocycles. The van der Waals surface area contributed by atoms with E-state index in [2.05, 4.69) is 4.90 Å². The molecule has 2 heterocycles. The van der Waals surface area contributed by atoms with Crippen molar-refractivity contribution in [1.29, 1.82) is 0 Å². The highest BCUT2D eigenvalue weighted by Crippen LogP contribution is 2.44. The van der Waals surface area contributed by atoms with Crippen molar-refractivity contribution in [3.63, 3.8) is 0 Å². The second-order valence-electron chi connectivity index (χ2n) is 11.4. The summed E-state index contributed by atoms with van der Waals surface area (Å²) in [6.45, 7) is 10.8. The Balaban J connectivity index is 0.00000380. The molecule has 2 aromatic rings. The number of likely N-dealkylation sites (tertiary alicyclic amines) is 2. The van der Waals surface area contributed by atoms with E-state index < -0.39 is 52.5 Å². The van der Waals surface area contributed by atoms with E-state index in [1.165, 1.54) is 18.2 Å². The van der Waals surface area contributed by atoms with Crippen LogP contribution in [0.25, 0.3) is 0 Å². The van der Waals surface area contributed by atoms with E-state index >= 15 is 0 Å². The minimum atomic E-state index is -1.58. The maximum Gasteiger partial charge on any atom is 0.227 e. The summed E-state index contributed by atoms with van der Waals surface area (Å²) in [5.74, 6) is -5.15. The molecular formula is C28H35ClF4N2O2. The van der Waals surface area contributed by atoms with Gasteiger partial charge in [0.1, 0.15) is 28.9 Å². The molecule has 0 radical (unpaired) electrons. The van der Waals surface area contributed by atoms with Crippen molar-refractivity contribution in [3.8, 4) is 0 Å². The number of carbonyl (C=O) groups excluding carboxylic acids is 1. The Labute approximate surface area is 222 Å². The summed E-state index contributed by atoms with van der Waals surface area (Å²) >= 11 is 0. The van der Waals surface area contributed by atoms with Crippen LogP contribution in [0.5, 0.6) is 0 Å². The minimum Gasteiger partial charge on any atom is -0.384 e. The molecule has 2 aliphatic rings. The molecule has 2 fully saturated rings. The third-order valence-electron chi connectivity index (χ3n) is 8.11. The van der Waals surface area contributed by atoms with Gasteiger partial charge in [0.05, 0.1) is 5.92 Å². The molecule has 0 saturated carbocycles. The van der Waals surface area contributed by atoms with Gasteiger partial charge in [0.2, 0.25) is 5.91 Å². The summed E-state index contributed by atoms with van der Waals surface area (Å²) in [5, 5.41) is 11.6. The van der Waals surface area contributed by atoms with E-state index in [4.69, 9.17) is 0 Å². The van der Waals surface area contributed by atoms with Crippen LogP contribution >= 0.6 is 12.4 Å². The second-order valence-corrected chi connectivity index (χ2v) is 11.4. The molecular weight excluding hydrogens is 508 g/mol. The van der Waals surface area contributed by atoms with E-state index in [-0.39, 0.29) is 42.5 Å². The number of halogens is 5. The predicted octanol–water partition coefficient (Wildman–Crippen LogP) is 5.48. The topological polar surface area (TPSA) is 43.8 Å². The van der Waals surface area contributed by atoms with Crippen molar-refractivity contribution in [2.75, 3.05) is 26.2 Å². The van der Waals surface area contributed by atoms with Crippen molar-refractivity contribution in [1.82, 2.24) is 9.80 Å². The first-order valence-corrected chi connectivity index (χ1v) is 12.4. The monoisotopic (exact) mass is 542 g/mol. The molecule has 4 atom stereocenters. The number of amides is 1. The van der Waals surface area contributed by atoms with Crippen LogP contribution in [0.2, 0.25) is 0 Å². The van der Waals surface area contributed by atoms with E-state index in [1.807, 2.05) is 20.8 Å². The Hall–Kier alpha value is -2.16. The minimum absolute atomic E-state index is 0. The van der Waals surface area contributed by atoms with Gasteiger partial charge < -0.3 is 10.0 Å². The van der Waals surface area contributed by atoms with Crippen LogP contribution in [0.15, 0.2) is 36.4 Å². The van der Waals surface area contributed by atoms with Crippen LogP contribution in [0.3, 0.4) is 0 Å². The molecule has 0 spiro atoms. The standard InChI is InChI=1S/C28H34F4N2O2.ClH/c1-16-12-33(13-17(2)28(16,36)23-9-7-19(30)11-25(23)32)26(35)22-15-34(27(3,4)5)14-21(22)20-8-6-18(29)10-24(20)31;/h6-11,16-17,21-22,36H,12-15H2,1-5H3;1H/t16?,17?,21-,22+,28?;/m0./s1. The quantitative estimate of drug-likeness (QED) is 0.522. The number of aliphatic hydroxyl groups is 1. The van der Waals surface area contributed by atoms with Crippen LogP contribution in [0.4, 0.5) is 17.6 Å². The number of benzene rings is 2. The normalized spacial score (nSPS) is 28.8. The number of hydrogen-bond acceptors (Lipinski definition) is 3. The van der Waals surface area contributed by atoms with Gasteiger partial charge in [0.25, 0.3) is 0 Å². The van der Waals surface area contributed by atoms with Crippen LogP contribution in [-0.2, 0) is 10.4 Å². The molecule has 2 unspecified atom stereocenters. The summed E-state index contributed by atoms with van der Waals surface area (Å²) in [7, 11) is 0. The highest BCUT2D eigenvalue weighted by molar-refractivity contribution is 5.85.